The summed E-state index contributed by atoms with van der Waals surface area (Å²) < 4.78 is 1.69. The molecule has 7 nitrogen and oxygen atoms in total. The quantitative estimate of drug-likeness (QED) is 0.583. The van der Waals surface area contributed by atoms with Crippen LogP contribution in [0.3, 0.4) is 0 Å². The van der Waals surface area contributed by atoms with Gasteiger partial charge in [0.25, 0.3) is 0 Å². The number of aromatic nitrogens is 2. The lowest BCUT2D eigenvalue weighted by Crippen LogP contribution is -2.57. The number of rotatable bonds is 7. The van der Waals surface area contributed by atoms with Crippen molar-refractivity contribution < 1.29 is 4.92 Å². The van der Waals surface area contributed by atoms with Crippen molar-refractivity contribution in [3.8, 4) is 0 Å². The molecule has 1 N–H and O–H groups in total. The van der Waals surface area contributed by atoms with Crippen molar-refractivity contribution in [1.29, 1.82) is 0 Å². The zero-order valence-corrected chi connectivity index (χ0v) is 11.5. The summed E-state index contributed by atoms with van der Waals surface area (Å²) in [7, 11) is 0. The molecule has 1 aromatic rings. The van der Waals surface area contributed by atoms with E-state index in [1.165, 1.54) is 6.20 Å². The van der Waals surface area contributed by atoms with Crippen molar-refractivity contribution >= 4 is 5.82 Å². The predicted octanol–water partition coefficient (Wildman–Crippen LogP) is 0.784. The van der Waals surface area contributed by atoms with Gasteiger partial charge in [-0.25, -0.2) is 9.55 Å². The summed E-state index contributed by atoms with van der Waals surface area (Å²) in [5, 5.41) is 14.2. The molecule has 1 aliphatic heterocycles. The fraction of sp³-hybridized carbons (Fsp3) is 0.750. The second kappa shape index (κ2) is 6.12. The molecule has 0 bridgehead atoms. The topological polar surface area (TPSA) is 76.2 Å². The van der Waals surface area contributed by atoms with Crippen molar-refractivity contribution in [2.45, 2.75) is 32.9 Å². The van der Waals surface area contributed by atoms with E-state index in [1.807, 2.05) is 6.92 Å². The summed E-state index contributed by atoms with van der Waals surface area (Å²) in [5.41, 5.74) is 0. The Labute approximate surface area is 112 Å². The van der Waals surface area contributed by atoms with E-state index < -0.39 is 0 Å². The Morgan fingerprint density at radius 1 is 1.58 bits per heavy atom. The smallest absolute Gasteiger partial charge is 0.342 e. The lowest BCUT2D eigenvalue weighted by atomic mass is 10.1. The third kappa shape index (κ3) is 3.10. The minimum absolute atomic E-state index is 0.0840. The van der Waals surface area contributed by atoms with Gasteiger partial charge in [-0.05, 0) is 17.9 Å². The van der Waals surface area contributed by atoms with Gasteiger partial charge in [-0.2, -0.15) is 0 Å². The Bertz CT molecular complexity index is 441. The van der Waals surface area contributed by atoms with Crippen LogP contribution in [0.15, 0.2) is 6.20 Å². The molecule has 0 aliphatic carbocycles. The average molecular weight is 267 g/mol. The highest BCUT2D eigenvalue weighted by Crippen LogP contribution is 2.14. The van der Waals surface area contributed by atoms with Crippen LogP contribution in [0.4, 0.5) is 5.82 Å². The Kier molecular flexibility index (Phi) is 4.49. The summed E-state index contributed by atoms with van der Waals surface area (Å²) in [4.78, 5) is 17.0. The van der Waals surface area contributed by atoms with E-state index in [2.05, 4.69) is 22.1 Å². The summed E-state index contributed by atoms with van der Waals surface area (Å²) in [6.45, 7) is 8.49. The van der Waals surface area contributed by atoms with E-state index in [1.54, 1.807) is 4.57 Å². The van der Waals surface area contributed by atoms with Gasteiger partial charge in [-0.1, -0.05) is 6.92 Å². The Morgan fingerprint density at radius 2 is 2.32 bits per heavy atom. The maximum atomic E-state index is 10.9. The largest absolute Gasteiger partial charge is 0.358 e. The first-order valence-corrected chi connectivity index (χ1v) is 6.74. The third-order valence-electron chi connectivity index (χ3n) is 3.62. The summed E-state index contributed by atoms with van der Waals surface area (Å²) in [5.74, 6) is 0.788. The molecule has 0 unspecified atom stereocenters. The van der Waals surface area contributed by atoms with E-state index in [0.29, 0.717) is 18.4 Å². The molecule has 2 rings (SSSR count). The molecule has 106 valence electrons. The van der Waals surface area contributed by atoms with E-state index in [4.69, 9.17) is 0 Å². The predicted molar refractivity (Wildman–Crippen MR) is 72.1 cm³/mol. The number of nitro groups is 1. The fourth-order valence-electron chi connectivity index (χ4n) is 2.40. The standard InChI is InChI=1S/C12H21N5O2/c1-3-4-15(11-7-13-8-11)5-6-16-10(2)14-9-12(16)17(18)19/h9,11,13H,3-8H2,1-2H3. The van der Waals surface area contributed by atoms with Crippen LogP contribution in [0.1, 0.15) is 19.2 Å². The summed E-state index contributed by atoms with van der Waals surface area (Å²) in [6, 6.07) is 0.572. The van der Waals surface area contributed by atoms with Crippen molar-refractivity contribution in [2.24, 2.45) is 0 Å². The highest BCUT2D eigenvalue weighted by Gasteiger charge is 2.25. The second-order valence-electron chi connectivity index (χ2n) is 4.92. The summed E-state index contributed by atoms with van der Waals surface area (Å²) >= 11 is 0. The molecular formula is C12H21N5O2. The van der Waals surface area contributed by atoms with Gasteiger partial charge in [0.1, 0.15) is 12.7 Å². The molecule has 1 saturated heterocycles. The zero-order valence-electron chi connectivity index (χ0n) is 11.5. The Balaban J connectivity index is 1.99. The first-order chi connectivity index (χ1) is 9.13. The Morgan fingerprint density at radius 3 is 2.84 bits per heavy atom. The number of nitrogens with zero attached hydrogens (tertiary/aromatic N) is 4. The number of imidazole rings is 1. The molecule has 0 amide bonds. The molecule has 7 heteroatoms. The van der Waals surface area contributed by atoms with Gasteiger partial charge in [0.15, 0.2) is 5.82 Å². The minimum atomic E-state index is -0.366. The van der Waals surface area contributed by atoms with Crippen LogP contribution in [-0.4, -0.2) is 51.6 Å². The van der Waals surface area contributed by atoms with Gasteiger partial charge in [-0.15, -0.1) is 0 Å². The maximum Gasteiger partial charge on any atom is 0.342 e. The maximum absolute atomic E-state index is 10.9. The number of hydrogen-bond acceptors (Lipinski definition) is 5. The minimum Gasteiger partial charge on any atom is -0.358 e. The van der Waals surface area contributed by atoms with Crippen LogP contribution in [0, 0.1) is 17.0 Å². The van der Waals surface area contributed by atoms with Crippen LogP contribution in [-0.2, 0) is 6.54 Å². The highest BCUT2D eigenvalue weighted by atomic mass is 16.6. The first-order valence-electron chi connectivity index (χ1n) is 6.74. The van der Waals surface area contributed by atoms with Crippen molar-refractivity contribution in [2.75, 3.05) is 26.2 Å². The fourth-order valence-corrected chi connectivity index (χ4v) is 2.40. The van der Waals surface area contributed by atoms with Gasteiger partial charge in [-0.3, -0.25) is 4.90 Å². The molecule has 19 heavy (non-hydrogen) atoms. The van der Waals surface area contributed by atoms with E-state index in [-0.39, 0.29) is 10.7 Å². The molecule has 0 atom stereocenters. The normalized spacial score (nSPS) is 15.7. The monoisotopic (exact) mass is 267 g/mol. The molecular weight excluding hydrogens is 246 g/mol. The van der Waals surface area contributed by atoms with Crippen molar-refractivity contribution in [1.82, 2.24) is 19.8 Å². The molecule has 0 radical (unpaired) electrons. The Hall–Kier alpha value is -1.47. The lowest BCUT2D eigenvalue weighted by molar-refractivity contribution is -0.392. The molecule has 2 heterocycles. The number of nitrogens with one attached hydrogen (secondary N) is 1. The number of aryl methyl sites for hydroxylation is 1. The molecule has 0 saturated carbocycles. The van der Waals surface area contributed by atoms with Gasteiger partial charge in [0.05, 0.1) is 0 Å². The average Bonchev–Trinajstić information content (AvgIpc) is 2.65. The van der Waals surface area contributed by atoms with Gasteiger partial charge in [0, 0.05) is 32.6 Å². The van der Waals surface area contributed by atoms with Gasteiger partial charge in [0.2, 0.25) is 0 Å². The SMILES string of the molecule is CCCN(CCn1c([N+](=O)[O-])cnc1C)C1CNC1. The van der Waals surface area contributed by atoms with E-state index >= 15 is 0 Å². The van der Waals surface area contributed by atoms with E-state index in [9.17, 15) is 10.1 Å². The van der Waals surface area contributed by atoms with Crippen LogP contribution in [0.2, 0.25) is 0 Å². The van der Waals surface area contributed by atoms with Gasteiger partial charge < -0.3 is 15.4 Å². The second-order valence-corrected chi connectivity index (χ2v) is 4.92. The zero-order chi connectivity index (χ0) is 13.8. The van der Waals surface area contributed by atoms with E-state index in [0.717, 1.165) is 32.6 Å². The lowest BCUT2D eigenvalue weighted by Gasteiger charge is -2.37. The van der Waals surface area contributed by atoms with Crippen LogP contribution in [0.25, 0.3) is 0 Å². The van der Waals surface area contributed by atoms with Crippen LogP contribution >= 0.6 is 0 Å². The van der Waals surface area contributed by atoms with Crippen molar-refractivity contribution in [3.05, 3.63) is 22.1 Å². The summed E-state index contributed by atoms with van der Waals surface area (Å²) in [6.07, 6.45) is 2.44. The van der Waals surface area contributed by atoms with Crippen molar-refractivity contribution in [3.63, 3.8) is 0 Å². The highest BCUT2D eigenvalue weighted by molar-refractivity contribution is 5.18. The molecule has 0 aromatic carbocycles. The third-order valence-corrected chi connectivity index (χ3v) is 3.62. The van der Waals surface area contributed by atoms with Gasteiger partial charge >= 0.3 is 5.82 Å². The first kappa shape index (κ1) is 14.0. The molecule has 0 spiro atoms. The molecule has 1 fully saturated rings. The van der Waals surface area contributed by atoms with Crippen LogP contribution < -0.4 is 5.32 Å². The molecule has 1 aliphatic rings. The number of hydrogen-bond donors (Lipinski definition) is 1. The van der Waals surface area contributed by atoms with Crippen LogP contribution in [0.5, 0.6) is 0 Å². The molecule has 1 aromatic heterocycles.